The van der Waals surface area contributed by atoms with Crippen molar-refractivity contribution in [3.05, 3.63) is 11.3 Å². The molecule has 0 aliphatic carbocycles. The summed E-state index contributed by atoms with van der Waals surface area (Å²) in [4.78, 5) is 12.2. The summed E-state index contributed by atoms with van der Waals surface area (Å²) >= 11 is 5.14. The molecule has 0 spiro atoms. The van der Waals surface area contributed by atoms with Crippen molar-refractivity contribution in [2.75, 3.05) is 14.1 Å². The standard InChI is InChI=1S/C7H9ClN2O/c1-5(10(2)3)6(4-9)7(8)11/h1-3H3. The van der Waals surface area contributed by atoms with Crippen LogP contribution in [0.25, 0.3) is 0 Å². The molecule has 0 fully saturated rings. The first-order valence-corrected chi connectivity index (χ1v) is 3.36. The lowest BCUT2D eigenvalue weighted by Crippen LogP contribution is -2.12. The van der Waals surface area contributed by atoms with Gasteiger partial charge in [0.25, 0.3) is 5.24 Å². The maximum Gasteiger partial charge on any atom is 0.264 e. The highest BCUT2D eigenvalue weighted by Crippen LogP contribution is 2.08. The number of allylic oxidation sites excluding steroid dienone is 2. The molecule has 3 nitrogen and oxygen atoms in total. The number of carbonyl (C=O) groups excluding carboxylic acids is 1. The quantitative estimate of drug-likeness (QED) is 0.356. The van der Waals surface area contributed by atoms with E-state index in [2.05, 4.69) is 0 Å². The van der Waals surface area contributed by atoms with Crippen molar-refractivity contribution in [1.82, 2.24) is 4.90 Å². The lowest BCUT2D eigenvalue weighted by molar-refractivity contribution is -0.108. The van der Waals surface area contributed by atoms with Crippen molar-refractivity contribution in [1.29, 1.82) is 5.26 Å². The summed E-state index contributed by atoms with van der Waals surface area (Å²) in [6, 6.07) is 1.74. The second-order valence-corrected chi connectivity index (χ2v) is 2.58. The zero-order chi connectivity index (χ0) is 9.02. The third-order valence-electron chi connectivity index (χ3n) is 1.34. The Bertz CT molecular complexity index is 237. The molecule has 4 heteroatoms. The molecule has 0 amide bonds. The minimum atomic E-state index is -0.710. The molecule has 0 bridgehead atoms. The topological polar surface area (TPSA) is 44.1 Å². The minimum Gasteiger partial charge on any atom is -0.380 e. The molecule has 0 unspecified atom stereocenters. The lowest BCUT2D eigenvalue weighted by Gasteiger charge is -2.12. The number of nitriles is 1. The molecule has 0 aliphatic rings. The molecular formula is C7H9ClN2O. The largest absolute Gasteiger partial charge is 0.380 e. The van der Waals surface area contributed by atoms with Crippen LogP contribution in [0.2, 0.25) is 0 Å². The smallest absolute Gasteiger partial charge is 0.264 e. The Balaban J connectivity index is 4.88. The molecule has 60 valence electrons. The van der Waals surface area contributed by atoms with Crippen molar-refractivity contribution >= 4 is 16.8 Å². The molecule has 0 radical (unpaired) electrons. The third kappa shape index (κ3) is 2.60. The maximum absolute atomic E-state index is 10.6. The fourth-order valence-electron chi connectivity index (χ4n) is 0.491. The number of carbonyl (C=O) groups is 1. The molecule has 0 aromatic rings. The van der Waals surface area contributed by atoms with E-state index in [0.717, 1.165) is 0 Å². The highest BCUT2D eigenvalue weighted by molar-refractivity contribution is 6.68. The van der Waals surface area contributed by atoms with E-state index in [0.29, 0.717) is 5.70 Å². The van der Waals surface area contributed by atoms with Gasteiger partial charge in [-0.15, -0.1) is 0 Å². The Labute approximate surface area is 70.9 Å². The van der Waals surface area contributed by atoms with Gasteiger partial charge in [0.15, 0.2) is 0 Å². The average Bonchev–Trinajstić information content (AvgIpc) is 1.88. The molecule has 11 heavy (non-hydrogen) atoms. The Morgan fingerprint density at radius 2 is 2.00 bits per heavy atom. The summed E-state index contributed by atoms with van der Waals surface area (Å²) in [5.41, 5.74) is 0.573. The van der Waals surface area contributed by atoms with Gasteiger partial charge in [0.1, 0.15) is 11.6 Å². The number of hydrogen-bond acceptors (Lipinski definition) is 3. The van der Waals surface area contributed by atoms with Crippen LogP contribution < -0.4 is 0 Å². The lowest BCUT2D eigenvalue weighted by atomic mass is 10.2. The van der Waals surface area contributed by atoms with Gasteiger partial charge in [0.2, 0.25) is 0 Å². The Morgan fingerprint density at radius 1 is 1.55 bits per heavy atom. The van der Waals surface area contributed by atoms with Gasteiger partial charge in [0, 0.05) is 19.8 Å². The van der Waals surface area contributed by atoms with Crippen LogP contribution in [-0.2, 0) is 4.79 Å². The summed E-state index contributed by atoms with van der Waals surface area (Å²) in [7, 11) is 3.49. The monoisotopic (exact) mass is 172 g/mol. The van der Waals surface area contributed by atoms with Gasteiger partial charge in [-0.05, 0) is 18.5 Å². The predicted molar refractivity (Wildman–Crippen MR) is 42.9 cm³/mol. The molecule has 0 aromatic heterocycles. The Morgan fingerprint density at radius 3 is 2.09 bits per heavy atom. The predicted octanol–water partition coefficient (Wildman–Crippen LogP) is 1.11. The first kappa shape index (κ1) is 9.99. The average molecular weight is 173 g/mol. The molecular weight excluding hydrogens is 164 g/mol. The Kier molecular flexibility index (Phi) is 3.63. The van der Waals surface area contributed by atoms with Crippen LogP contribution in [0.1, 0.15) is 6.92 Å². The van der Waals surface area contributed by atoms with Crippen LogP contribution in [0.4, 0.5) is 0 Å². The first-order chi connectivity index (χ1) is 5.00. The molecule has 0 aliphatic heterocycles. The summed E-state index contributed by atoms with van der Waals surface area (Å²) in [6.45, 7) is 1.67. The summed E-state index contributed by atoms with van der Waals surface area (Å²) in [5.74, 6) is 0. The van der Waals surface area contributed by atoms with E-state index in [9.17, 15) is 4.79 Å². The van der Waals surface area contributed by atoms with Crippen LogP contribution in [-0.4, -0.2) is 24.2 Å². The van der Waals surface area contributed by atoms with Gasteiger partial charge in [0.05, 0.1) is 0 Å². The number of halogens is 1. The SMILES string of the molecule is CC(=C(C#N)C(=O)Cl)N(C)C. The Hall–Kier alpha value is -1.01. The third-order valence-corrected chi connectivity index (χ3v) is 1.53. The number of nitrogens with zero attached hydrogens (tertiary/aromatic N) is 2. The number of hydrogen-bond donors (Lipinski definition) is 0. The second-order valence-electron chi connectivity index (χ2n) is 2.24. The van der Waals surface area contributed by atoms with Crippen LogP contribution >= 0.6 is 11.6 Å². The van der Waals surface area contributed by atoms with Gasteiger partial charge < -0.3 is 4.90 Å². The van der Waals surface area contributed by atoms with Crippen molar-refractivity contribution in [3.8, 4) is 6.07 Å². The van der Waals surface area contributed by atoms with Gasteiger partial charge in [-0.3, -0.25) is 4.79 Å². The van der Waals surface area contributed by atoms with Crippen molar-refractivity contribution in [2.45, 2.75) is 6.92 Å². The maximum atomic E-state index is 10.6. The minimum absolute atomic E-state index is 0.00309. The molecule has 0 rings (SSSR count). The molecule has 0 atom stereocenters. The van der Waals surface area contributed by atoms with Crippen LogP contribution in [0.15, 0.2) is 11.3 Å². The van der Waals surface area contributed by atoms with Crippen LogP contribution in [0, 0.1) is 11.3 Å². The summed E-state index contributed by atoms with van der Waals surface area (Å²) in [6.07, 6.45) is 0. The second kappa shape index (κ2) is 3.99. The van der Waals surface area contributed by atoms with Gasteiger partial charge in [-0.1, -0.05) is 0 Å². The highest BCUT2D eigenvalue weighted by atomic mass is 35.5. The summed E-state index contributed by atoms with van der Waals surface area (Å²) in [5, 5.41) is 7.77. The molecule has 0 heterocycles. The molecule has 0 saturated carbocycles. The van der Waals surface area contributed by atoms with E-state index in [1.807, 2.05) is 0 Å². The molecule has 0 N–H and O–H groups in total. The van der Waals surface area contributed by atoms with E-state index in [4.69, 9.17) is 16.9 Å². The zero-order valence-corrected chi connectivity index (χ0v) is 7.44. The molecule has 0 saturated heterocycles. The van der Waals surface area contributed by atoms with Crippen molar-refractivity contribution < 1.29 is 4.79 Å². The highest BCUT2D eigenvalue weighted by Gasteiger charge is 2.10. The zero-order valence-electron chi connectivity index (χ0n) is 6.68. The fourth-order valence-corrected chi connectivity index (χ4v) is 0.670. The van der Waals surface area contributed by atoms with Gasteiger partial charge in [-0.25, -0.2) is 0 Å². The van der Waals surface area contributed by atoms with E-state index >= 15 is 0 Å². The van der Waals surface area contributed by atoms with E-state index < -0.39 is 5.24 Å². The van der Waals surface area contributed by atoms with E-state index in [1.54, 1.807) is 32.0 Å². The summed E-state index contributed by atoms with van der Waals surface area (Å²) < 4.78 is 0. The number of rotatable bonds is 2. The normalized spacial score (nSPS) is 11.5. The fraction of sp³-hybridized carbons (Fsp3) is 0.429. The van der Waals surface area contributed by atoms with Crippen molar-refractivity contribution in [2.24, 2.45) is 0 Å². The van der Waals surface area contributed by atoms with E-state index in [1.165, 1.54) is 0 Å². The first-order valence-electron chi connectivity index (χ1n) is 2.98. The van der Waals surface area contributed by atoms with Gasteiger partial charge >= 0.3 is 0 Å². The van der Waals surface area contributed by atoms with Crippen LogP contribution in [0.5, 0.6) is 0 Å². The van der Waals surface area contributed by atoms with Gasteiger partial charge in [-0.2, -0.15) is 5.26 Å². The van der Waals surface area contributed by atoms with Crippen molar-refractivity contribution in [3.63, 3.8) is 0 Å². The molecule has 0 aromatic carbocycles. The van der Waals surface area contributed by atoms with E-state index in [-0.39, 0.29) is 5.57 Å². The van der Waals surface area contributed by atoms with Crippen LogP contribution in [0.3, 0.4) is 0 Å².